The number of methoxy groups -OCH3 is 1. The SMILES string of the molecule is COc1cccc(CCNC(=O)C2(C#N)COC2)c1. The zero-order chi connectivity index (χ0) is 13.7. The van der Waals surface area contributed by atoms with Gasteiger partial charge in [-0.2, -0.15) is 5.26 Å². The summed E-state index contributed by atoms with van der Waals surface area (Å²) in [5.41, 5.74) is 0.101. The molecule has 0 unspecified atom stereocenters. The normalized spacial score (nSPS) is 16.0. The van der Waals surface area contributed by atoms with Crippen molar-refractivity contribution in [2.75, 3.05) is 26.9 Å². The van der Waals surface area contributed by atoms with Crippen LogP contribution in [-0.2, 0) is 16.0 Å². The van der Waals surface area contributed by atoms with Crippen LogP contribution in [0.4, 0.5) is 0 Å². The molecule has 1 aromatic carbocycles. The predicted octanol–water partition coefficient (Wildman–Crippen LogP) is 0.894. The van der Waals surface area contributed by atoms with Crippen molar-refractivity contribution in [3.05, 3.63) is 29.8 Å². The first-order chi connectivity index (χ1) is 9.20. The van der Waals surface area contributed by atoms with Gasteiger partial charge < -0.3 is 14.8 Å². The van der Waals surface area contributed by atoms with Crippen molar-refractivity contribution in [2.24, 2.45) is 5.41 Å². The molecule has 1 amide bonds. The van der Waals surface area contributed by atoms with E-state index in [1.54, 1.807) is 7.11 Å². The van der Waals surface area contributed by atoms with Gasteiger partial charge in [0.05, 0.1) is 26.4 Å². The molecule has 1 fully saturated rings. The van der Waals surface area contributed by atoms with Gasteiger partial charge in [-0.15, -0.1) is 0 Å². The Morgan fingerprint density at radius 2 is 2.37 bits per heavy atom. The number of ether oxygens (including phenoxy) is 2. The Kier molecular flexibility index (Phi) is 4.03. The molecule has 5 nitrogen and oxygen atoms in total. The Hall–Kier alpha value is -2.06. The summed E-state index contributed by atoms with van der Waals surface area (Å²) >= 11 is 0. The highest BCUT2D eigenvalue weighted by Crippen LogP contribution is 2.26. The molecule has 19 heavy (non-hydrogen) atoms. The van der Waals surface area contributed by atoms with Gasteiger partial charge in [-0.3, -0.25) is 4.79 Å². The molecule has 0 bridgehead atoms. The summed E-state index contributed by atoms with van der Waals surface area (Å²) in [6.45, 7) is 0.873. The fourth-order valence-corrected chi connectivity index (χ4v) is 1.87. The molecule has 1 N–H and O–H groups in total. The second-order valence-electron chi connectivity index (χ2n) is 4.54. The number of hydrogen-bond donors (Lipinski definition) is 1. The molecule has 1 aliphatic heterocycles. The maximum atomic E-state index is 11.9. The molecule has 1 saturated heterocycles. The molecule has 5 heteroatoms. The fraction of sp³-hybridized carbons (Fsp3) is 0.429. The number of hydrogen-bond acceptors (Lipinski definition) is 4. The molecule has 0 radical (unpaired) electrons. The molecule has 0 spiro atoms. The number of benzene rings is 1. The van der Waals surface area contributed by atoms with Crippen molar-refractivity contribution in [2.45, 2.75) is 6.42 Å². The molecule has 0 aliphatic carbocycles. The first-order valence-corrected chi connectivity index (χ1v) is 6.10. The summed E-state index contributed by atoms with van der Waals surface area (Å²) < 4.78 is 10.1. The van der Waals surface area contributed by atoms with Gasteiger partial charge in [0, 0.05) is 6.54 Å². The van der Waals surface area contributed by atoms with Gasteiger partial charge in [-0.1, -0.05) is 12.1 Å². The van der Waals surface area contributed by atoms with Crippen LogP contribution in [-0.4, -0.2) is 32.8 Å². The lowest BCUT2D eigenvalue weighted by Gasteiger charge is -2.33. The van der Waals surface area contributed by atoms with Crippen molar-refractivity contribution in [3.63, 3.8) is 0 Å². The smallest absolute Gasteiger partial charge is 0.245 e. The number of nitriles is 1. The molecule has 100 valence electrons. The van der Waals surface area contributed by atoms with Gasteiger partial charge >= 0.3 is 0 Å². The van der Waals surface area contributed by atoms with Crippen LogP contribution in [0, 0.1) is 16.7 Å². The molecule has 1 heterocycles. The van der Waals surface area contributed by atoms with Crippen LogP contribution in [0.1, 0.15) is 5.56 Å². The second kappa shape index (κ2) is 5.72. The minimum Gasteiger partial charge on any atom is -0.497 e. The summed E-state index contributed by atoms with van der Waals surface area (Å²) in [5, 5.41) is 11.8. The Labute approximate surface area is 112 Å². The second-order valence-corrected chi connectivity index (χ2v) is 4.54. The van der Waals surface area contributed by atoms with E-state index in [-0.39, 0.29) is 19.1 Å². The summed E-state index contributed by atoms with van der Waals surface area (Å²) in [4.78, 5) is 11.9. The third-order valence-electron chi connectivity index (χ3n) is 3.18. The van der Waals surface area contributed by atoms with Crippen LogP contribution in [0.3, 0.4) is 0 Å². The van der Waals surface area contributed by atoms with E-state index in [1.165, 1.54) is 0 Å². The largest absolute Gasteiger partial charge is 0.497 e. The van der Waals surface area contributed by atoms with Crippen LogP contribution >= 0.6 is 0 Å². The summed E-state index contributed by atoms with van der Waals surface area (Å²) in [7, 11) is 1.62. The summed E-state index contributed by atoms with van der Waals surface area (Å²) in [5.74, 6) is 0.550. The van der Waals surface area contributed by atoms with Gasteiger partial charge in [0.25, 0.3) is 0 Å². The zero-order valence-electron chi connectivity index (χ0n) is 10.8. The molecule has 0 aromatic heterocycles. The van der Waals surface area contributed by atoms with Crippen molar-refractivity contribution in [3.8, 4) is 11.8 Å². The van der Waals surface area contributed by atoms with E-state index in [0.29, 0.717) is 13.0 Å². The van der Waals surface area contributed by atoms with E-state index in [1.807, 2.05) is 30.3 Å². The topological polar surface area (TPSA) is 71.3 Å². The number of nitrogens with one attached hydrogen (secondary N) is 1. The Balaban J connectivity index is 1.83. The molecule has 0 atom stereocenters. The number of rotatable bonds is 5. The first kappa shape index (κ1) is 13.4. The van der Waals surface area contributed by atoms with Crippen molar-refractivity contribution < 1.29 is 14.3 Å². The number of carbonyl (C=O) groups is 1. The lowest BCUT2D eigenvalue weighted by atomic mass is 9.87. The molecule has 1 aromatic rings. The van der Waals surface area contributed by atoms with Gasteiger partial charge in [0.15, 0.2) is 5.41 Å². The number of carbonyl (C=O) groups excluding carboxylic acids is 1. The standard InChI is InChI=1S/C14H16N2O3/c1-18-12-4-2-3-11(7-12)5-6-16-13(17)14(8-15)9-19-10-14/h2-4,7H,5-6,9-10H2,1H3,(H,16,17). The van der Waals surface area contributed by atoms with E-state index in [4.69, 9.17) is 14.7 Å². The highest BCUT2D eigenvalue weighted by atomic mass is 16.5. The molecule has 1 aliphatic rings. The van der Waals surface area contributed by atoms with Crippen molar-refractivity contribution in [1.82, 2.24) is 5.32 Å². The van der Waals surface area contributed by atoms with E-state index < -0.39 is 5.41 Å². The van der Waals surface area contributed by atoms with Crippen LogP contribution in [0.5, 0.6) is 5.75 Å². The summed E-state index contributed by atoms with van der Waals surface area (Å²) in [6.07, 6.45) is 0.700. The van der Waals surface area contributed by atoms with Crippen LogP contribution < -0.4 is 10.1 Å². The minimum absolute atomic E-state index is 0.189. The van der Waals surface area contributed by atoms with E-state index in [0.717, 1.165) is 11.3 Å². The summed E-state index contributed by atoms with van der Waals surface area (Å²) in [6, 6.07) is 9.71. The van der Waals surface area contributed by atoms with E-state index in [9.17, 15) is 4.79 Å². The van der Waals surface area contributed by atoms with E-state index in [2.05, 4.69) is 5.32 Å². The molecule has 0 saturated carbocycles. The minimum atomic E-state index is -0.978. The van der Waals surface area contributed by atoms with Gasteiger partial charge in [0.2, 0.25) is 5.91 Å². The Morgan fingerprint density at radius 1 is 1.58 bits per heavy atom. The Bertz CT molecular complexity index is 504. The highest BCUT2D eigenvalue weighted by Gasteiger charge is 2.46. The van der Waals surface area contributed by atoms with Gasteiger partial charge in [-0.25, -0.2) is 0 Å². The molecular formula is C14H16N2O3. The van der Waals surface area contributed by atoms with Gasteiger partial charge in [-0.05, 0) is 24.1 Å². The maximum Gasteiger partial charge on any atom is 0.245 e. The quantitative estimate of drug-likeness (QED) is 0.853. The predicted molar refractivity (Wildman–Crippen MR) is 68.6 cm³/mol. The third kappa shape index (κ3) is 2.85. The fourth-order valence-electron chi connectivity index (χ4n) is 1.87. The zero-order valence-corrected chi connectivity index (χ0v) is 10.8. The number of nitrogens with zero attached hydrogens (tertiary/aromatic N) is 1. The van der Waals surface area contributed by atoms with Crippen molar-refractivity contribution >= 4 is 5.91 Å². The lowest BCUT2D eigenvalue weighted by molar-refractivity contribution is -0.149. The van der Waals surface area contributed by atoms with Gasteiger partial charge in [0.1, 0.15) is 5.75 Å². The monoisotopic (exact) mass is 260 g/mol. The lowest BCUT2D eigenvalue weighted by Crippen LogP contribution is -2.53. The molecule has 2 rings (SSSR count). The molecular weight excluding hydrogens is 244 g/mol. The highest BCUT2D eigenvalue weighted by molar-refractivity contribution is 5.86. The number of amides is 1. The maximum absolute atomic E-state index is 11.9. The average molecular weight is 260 g/mol. The van der Waals surface area contributed by atoms with E-state index >= 15 is 0 Å². The Morgan fingerprint density at radius 3 is 2.95 bits per heavy atom. The van der Waals surface area contributed by atoms with Crippen molar-refractivity contribution in [1.29, 1.82) is 5.26 Å². The first-order valence-electron chi connectivity index (χ1n) is 6.10. The third-order valence-corrected chi connectivity index (χ3v) is 3.18. The van der Waals surface area contributed by atoms with Crippen LogP contribution in [0.2, 0.25) is 0 Å². The average Bonchev–Trinajstić information content (AvgIpc) is 2.38. The van der Waals surface area contributed by atoms with Crippen LogP contribution in [0.15, 0.2) is 24.3 Å². The van der Waals surface area contributed by atoms with Crippen LogP contribution in [0.25, 0.3) is 0 Å².